The van der Waals surface area contributed by atoms with Crippen molar-refractivity contribution >= 4 is 35.0 Å². The molecule has 3 amide bonds. The number of anilines is 1. The van der Waals surface area contributed by atoms with E-state index in [1.54, 1.807) is 36.4 Å². The Balaban J connectivity index is 1.69. The minimum absolute atomic E-state index is 0.0149. The summed E-state index contributed by atoms with van der Waals surface area (Å²) in [6.45, 7) is -0.422. The number of rotatable bonds is 8. The van der Waals surface area contributed by atoms with Gasteiger partial charge in [-0.1, -0.05) is 54.8 Å². The van der Waals surface area contributed by atoms with E-state index >= 15 is 0 Å². The van der Waals surface area contributed by atoms with Crippen molar-refractivity contribution < 1.29 is 23.2 Å². The van der Waals surface area contributed by atoms with Crippen LogP contribution in [-0.4, -0.2) is 30.3 Å². The molecule has 0 saturated heterocycles. The number of nitrogens with one attached hydrogen (secondary N) is 2. The lowest BCUT2D eigenvalue weighted by molar-refractivity contribution is -0.126. The molecule has 1 aliphatic carbocycles. The Kier molecular flexibility index (Phi) is 7.82. The Bertz CT molecular complexity index is 1180. The van der Waals surface area contributed by atoms with Crippen molar-refractivity contribution in [3.05, 3.63) is 89.1 Å². The Hall–Kier alpha value is -3.65. The van der Waals surface area contributed by atoms with Crippen LogP contribution in [0.15, 0.2) is 71.3 Å². The molecule has 1 heterocycles. The molecule has 2 N–H and O–H groups in total. The van der Waals surface area contributed by atoms with E-state index in [4.69, 9.17) is 16.0 Å². The fourth-order valence-electron chi connectivity index (χ4n) is 4.21. The molecule has 0 aliphatic heterocycles. The first kappa shape index (κ1) is 24.5. The molecular formula is C26H25ClFN3O4. The van der Waals surface area contributed by atoms with Gasteiger partial charge in [-0.15, -0.1) is 0 Å². The fourth-order valence-corrected chi connectivity index (χ4v) is 4.39. The van der Waals surface area contributed by atoms with E-state index in [1.165, 1.54) is 29.4 Å². The average Bonchev–Trinajstić information content (AvgIpc) is 3.58. The zero-order valence-electron chi connectivity index (χ0n) is 18.9. The second-order valence-corrected chi connectivity index (χ2v) is 8.73. The van der Waals surface area contributed by atoms with Gasteiger partial charge in [0.1, 0.15) is 11.9 Å². The van der Waals surface area contributed by atoms with E-state index in [1.807, 2.05) is 0 Å². The first-order valence-electron chi connectivity index (χ1n) is 11.4. The van der Waals surface area contributed by atoms with Gasteiger partial charge in [0.25, 0.3) is 5.91 Å². The van der Waals surface area contributed by atoms with Crippen LogP contribution in [0, 0.1) is 5.82 Å². The number of amides is 3. The van der Waals surface area contributed by atoms with Crippen molar-refractivity contribution in [1.82, 2.24) is 10.6 Å². The molecule has 0 radical (unpaired) electrons. The first-order chi connectivity index (χ1) is 16.9. The molecule has 1 fully saturated rings. The summed E-state index contributed by atoms with van der Waals surface area (Å²) in [4.78, 5) is 40.7. The summed E-state index contributed by atoms with van der Waals surface area (Å²) in [5.74, 6) is -2.13. The first-order valence-corrected chi connectivity index (χ1v) is 11.8. The minimum Gasteiger partial charge on any atom is -0.459 e. The molecule has 182 valence electrons. The Labute approximate surface area is 207 Å². The standard InChI is InChI=1S/C26H25ClFN3O4/c27-20-15-19(12-13-21(20)28)31(23(32)16-29-25(33)22-11-6-14-35-22)24(17-7-2-1-3-8-17)26(34)30-18-9-4-5-10-18/h1-3,6-8,11-15,18,24H,4-5,9-10,16H2,(H,29,33)(H,30,34). The molecule has 1 aliphatic rings. The maximum absolute atomic E-state index is 13.9. The number of carbonyl (C=O) groups excluding carboxylic acids is 3. The van der Waals surface area contributed by atoms with Gasteiger partial charge < -0.3 is 15.1 Å². The van der Waals surface area contributed by atoms with Crippen LogP contribution >= 0.6 is 11.6 Å². The molecular weight excluding hydrogens is 473 g/mol. The molecule has 4 rings (SSSR count). The van der Waals surface area contributed by atoms with Crippen LogP contribution in [0.1, 0.15) is 47.8 Å². The van der Waals surface area contributed by atoms with Crippen molar-refractivity contribution in [2.45, 2.75) is 37.8 Å². The molecule has 1 aromatic heterocycles. The fraction of sp³-hybridized carbons (Fsp3) is 0.269. The van der Waals surface area contributed by atoms with Crippen LogP contribution in [0.25, 0.3) is 0 Å². The van der Waals surface area contributed by atoms with E-state index in [2.05, 4.69) is 10.6 Å². The largest absolute Gasteiger partial charge is 0.459 e. The van der Waals surface area contributed by atoms with E-state index in [0.29, 0.717) is 5.56 Å². The normalized spacial score (nSPS) is 14.3. The molecule has 9 heteroatoms. The third kappa shape index (κ3) is 5.89. The van der Waals surface area contributed by atoms with Crippen LogP contribution in [0.4, 0.5) is 10.1 Å². The summed E-state index contributed by atoms with van der Waals surface area (Å²) in [6, 6.07) is 14.6. The number of halogens is 2. The van der Waals surface area contributed by atoms with Crippen LogP contribution in [0.5, 0.6) is 0 Å². The summed E-state index contributed by atoms with van der Waals surface area (Å²) in [7, 11) is 0. The molecule has 0 bridgehead atoms. The lowest BCUT2D eigenvalue weighted by Gasteiger charge is -2.32. The van der Waals surface area contributed by atoms with Gasteiger partial charge >= 0.3 is 0 Å². The van der Waals surface area contributed by atoms with Crippen LogP contribution < -0.4 is 15.5 Å². The van der Waals surface area contributed by atoms with Gasteiger partial charge in [0.2, 0.25) is 11.8 Å². The zero-order chi connectivity index (χ0) is 24.8. The summed E-state index contributed by atoms with van der Waals surface area (Å²) >= 11 is 6.03. The molecule has 1 atom stereocenters. The van der Waals surface area contributed by atoms with E-state index in [9.17, 15) is 18.8 Å². The zero-order valence-corrected chi connectivity index (χ0v) is 19.6. The average molecular weight is 498 g/mol. The third-order valence-corrected chi connectivity index (χ3v) is 6.21. The maximum atomic E-state index is 13.9. The Morgan fingerprint density at radius 3 is 2.46 bits per heavy atom. The number of furan rings is 1. The third-order valence-electron chi connectivity index (χ3n) is 5.92. The van der Waals surface area contributed by atoms with Crippen LogP contribution in [0.2, 0.25) is 5.02 Å². The SMILES string of the molecule is O=C(NCC(=O)N(c1ccc(F)c(Cl)c1)C(C(=O)NC1CCCC1)c1ccccc1)c1ccco1. The molecule has 7 nitrogen and oxygen atoms in total. The molecule has 1 unspecified atom stereocenters. The van der Waals surface area contributed by atoms with Crippen molar-refractivity contribution in [1.29, 1.82) is 0 Å². The lowest BCUT2D eigenvalue weighted by atomic mass is 10.0. The van der Waals surface area contributed by atoms with Crippen molar-refractivity contribution in [2.24, 2.45) is 0 Å². The number of hydrogen-bond donors (Lipinski definition) is 2. The highest BCUT2D eigenvalue weighted by atomic mass is 35.5. The number of carbonyl (C=O) groups is 3. The van der Waals surface area contributed by atoms with E-state index in [0.717, 1.165) is 31.7 Å². The van der Waals surface area contributed by atoms with Crippen LogP contribution in [-0.2, 0) is 9.59 Å². The van der Waals surface area contributed by atoms with Crippen LogP contribution in [0.3, 0.4) is 0 Å². The van der Waals surface area contributed by atoms with Crippen molar-refractivity contribution in [2.75, 3.05) is 11.4 Å². The Morgan fingerprint density at radius 1 is 1.06 bits per heavy atom. The number of hydrogen-bond acceptors (Lipinski definition) is 4. The highest BCUT2D eigenvalue weighted by molar-refractivity contribution is 6.31. The lowest BCUT2D eigenvalue weighted by Crippen LogP contribution is -2.49. The topological polar surface area (TPSA) is 91.7 Å². The van der Waals surface area contributed by atoms with E-state index < -0.39 is 30.2 Å². The van der Waals surface area contributed by atoms with Crippen molar-refractivity contribution in [3.63, 3.8) is 0 Å². The van der Waals surface area contributed by atoms with Gasteiger partial charge in [-0.05, 0) is 48.7 Å². The number of nitrogens with zero attached hydrogens (tertiary/aromatic N) is 1. The van der Waals surface area contributed by atoms with Gasteiger partial charge in [0.15, 0.2) is 5.76 Å². The molecule has 1 saturated carbocycles. The molecule has 0 spiro atoms. The smallest absolute Gasteiger partial charge is 0.287 e. The van der Waals surface area contributed by atoms with Gasteiger partial charge in [-0.25, -0.2) is 4.39 Å². The monoisotopic (exact) mass is 497 g/mol. The highest BCUT2D eigenvalue weighted by Gasteiger charge is 2.34. The number of benzene rings is 2. The summed E-state index contributed by atoms with van der Waals surface area (Å²) < 4.78 is 19.0. The quantitative estimate of drug-likeness (QED) is 0.474. The molecule has 2 aromatic carbocycles. The predicted molar refractivity (Wildman–Crippen MR) is 130 cm³/mol. The maximum Gasteiger partial charge on any atom is 0.287 e. The summed E-state index contributed by atoms with van der Waals surface area (Å²) in [5, 5.41) is 5.38. The second kappa shape index (κ2) is 11.2. The molecule has 3 aromatic rings. The predicted octanol–water partition coefficient (Wildman–Crippen LogP) is 4.64. The second-order valence-electron chi connectivity index (χ2n) is 8.33. The van der Waals surface area contributed by atoms with Gasteiger partial charge in [-0.3, -0.25) is 19.3 Å². The van der Waals surface area contributed by atoms with Gasteiger partial charge in [0, 0.05) is 11.7 Å². The summed E-state index contributed by atoms with van der Waals surface area (Å²) in [5.41, 5.74) is 0.790. The van der Waals surface area contributed by atoms with Crippen molar-refractivity contribution in [3.8, 4) is 0 Å². The van der Waals surface area contributed by atoms with Gasteiger partial charge in [-0.2, -0.15) is 0 Å². The minimum atomic E-state index is -1.06. The van der Waals surface area contributed by atoms with Gasteiger partial charge in [0.05, 0.1) is 17.8 Å². The highest BCUT2D eigenvalue weighted by Crippen LogP contribution is 2.31. The molecule has 35 heavy (non-hydrogen) atoms. The van der Waals surface area contributed by atoms with E-state index in [-0.39, 0.29) is 28.4 Å². The Morgan fingerprint density at radius 2 is 1.80 bits per heavy atom. The summed E-state index contributed by atoms with van der Waals surface area (Å²) in [6.07, 6.45) is 5.12.